The topological polar surface area (TPSA) is 60.9 Å². The highest BCUT2D eigenvalue weighted by Gasteiger charge is 2.29. The second-order valence-electron chi connectivity index (χ2n) is 8.14. The van der Waals surface area contributed by atoms with E-state index in [1.54, 1.807) is 24.1 Å². The van der Waals surface area contributed by atoms with Crippen LogP contribution in [-0.4, -0.2) is 68.2 Å². The van der Waals surface area contributed by atoms with E-state index in [2.05, 4.69) is 13.8 Å². The Morgan fingerprint density at radius 3 is 2.13 bits per heavy atom. The van der Waals surface area contributed by atoms with Crippen LogP contribution in [0, 0.1) is 0 Å². The highest BCUT2D eigenvalue weighted by Crippen LogP contribution is 2.21. The molecule has 0 saturated carbocycles. The van der Waals surface area contributed by atoms with Gasteiger partial charge in [-0.25, -0.2) is 8.42 Å². The lowest BCUT2D eigenvalue weighted by atomic mass is 10.0. The molecule has 1 fully saturated rings. The smallest absolute Gasteiger partial charge is 0.243 e. The maximum absolute atomic E-state index is 12.9. The van der Waals surface area contributed by atoms with Gasteiger partial charge in [0.2, 0.25) is 15.9 Å². The number of nitrogens with zero attached hydrogens (tertiary/aromatic N) is 3. The van der Waals surface area contributed by atoms with Gasteiger partial charge in [0.15, 0.2) is 0 Å². The zero-order valence-corrected chi connectivity index (χ0v) is 18.8. The Kier molecular flexibility index (Phi) is 7.28. The number of hydrogen-bond acceptors (Lipinski definition) is 4. The summed E-state index contributed by atoms with van der Waals surface area (Å²) in [6.07, 6.45) is 0. The van der Waals surface area contributed by atoms with Crippen LogP contribution >= 0.6 is 0 Å². The Morgan fingerprint density at radius 2 is 1.57 bits per heavy atom. The first-order chi connectivity index (χ1) is 14.3. The summed E-state index contributed by atoms with van der Waals surface area (Å²) in [6.45, 7) is 6.93. The molecule has 1 amide bonds. The van der Waals surface area contributed by atoms with Crippen molar-refractivity contribution >= 4 is 15.9 Å². The van der Waals surface area contributed by atoms with Crippen LogP contribution in [0.25, 0.3) is 0 Å². The third-order valence-corrected chi connectivity index (χ3v) is 7.48. The van der Waals surface area contributed by atoms with Gasteiger partial charge >= 0.3 is 0 Å². The van der Waals surface area contributed by atoms with Crippen molar-refractivity contribution in [1.82, 2.24) is 14.1 Å². The van der Waals surface area contributed by atoms with Crippen LogP contribution in [0.5, 0.6) is 0 Å². The average Bonchev–Trinajstić information content (AvgIpc) is 2.75. The second kappa shape index (κ2) is 9.73. The largest absolute Gasteiger partial charge is 0.340 e. The Morgan fingerprint density at radius 1 is 0.967 bits per heavy atom. The third-order valence-electron chi connectivity index (χ3n) is 5.56. The molecule has 0 spiro atoms. The zero-order chi connectivity index (χ0) is 21.7. The van der Waals surface area contributed by atoms with Crippen LogP contribution in [0.1, 0.15) is 30.9 Å². The van der Waals surface area contributed by atoms with Crippen LogP contribution in [0.3, 0.4) is 0 Å². The van der Waals surface area contributed by atoms with Crippen molar-refractivity contribution in [2.45, 2.75) is 31.2 Å². The molecule has 30 heavy (non-hydrogen) atoms. The standard InChI is InChI=1S/C23H31N3O3S/c1-19(2)21-9-11-22(12-10-21)30(28,29)26-15-13-25(14-16-26)18-23(27)24(3)17-20-7-5-4-6-8-20/h4-12,19H,13-18H2,1-3H3. The molecule has 1 saturated heterocycles. The normalized spacial score (nSPS) is 16.0. The van der Waals surface area contributed by atoms with Gasteiger partial charge in [-0.1, -0.05) is 56.3 Å². The van der Waals surface area contributed by atoms with Crippen molar-refractivity contribution in [3.8, 4) is 0 Å². The molecule has 1 aliphatic rings. The molecule has 0 radical (unpaired) electrons. The molecule has 2 aromatic carbocycles. The van der Waals surface area contributed by atoms with Gasteiger partial charge in [0.1, 0.15) is 0 Å². The molecular weight excluding hydrogens is 398 g/mol. The highest BCUT2D eigenvalue weighted by atomic mass is 32.2. The minimum Gasteiger partial charge on any atom is -0.340 e. The number of benzene rings is 2. The number of likely N-dealkylation sites (N-methyl/N-ethyl adjacent to an activating group) is 1. The summed E-state index contributed by atoms with van der Waals surface area (Å²) in [5.41, 5.74) is 2.21. The lowest BCUT2D eigenvalue weighted by molar-refractivity contribution is -0.131. The molecule has 0 aromatic heterocycles. The average molecular weight is 430 g/mol. The van der Waals surface area contributed by atoms with E-state index in [0.717, 1.165) is 11.1 Å². The number of carbonyl (C=O) groups excluding carboxylic acids is 1. The summed E-state index contributed by atoms with van der Waals surface area (Å²) in [5.74, 6) is 0.405. The summed E-state index contributed by atoms with van der Waals surface area (Å²) in [6, 6.07) is 17.0. The summed E-state index contributed by atoms with van der Waals surface area (Å²) in [7, 11) is -1.70. The predicted octanol–water partition coefficient (Wildman–Crippen LogP) is 2.77. The number of carbonyl (C=O) groups is 1. The van der Waals surface area contributed by atoms with Crippen molar-refractivity contribution in [1.29, 1.82) is 0 Å². The van der Waals surface area contributed by atoms with E-state index in [9.17, 15) is 13.2 Å². The van der Waals surface area contributed by atoms with Gasteiger partial charge in [-0.2, -0.15) is 4.31 Å². The SMILES string of the molecule is CC(C)c1ccc(S(=O)(=O)N2CCN(CC(=O)N(C)Cc3ccccc3)CC2)cc1. The molecule has 7 heteroatoms. The van der Waals surface area contributed by atoms with Gasteiger partial charge in [-0.3, -0.25) is 9.69 Å². The minimum absolute atomic E-state index is 0.0411. The summed E-state index contributed by atoms with van der Waals surface area (Å²) < 4.78 is 27.4. The van der Waals surface area contributed by atoms with E-state index >= 15 is 0 Å². The Labute approximate surface area is 180 Å². The van der Waals surface area contributed by atoms with Crippen molar-refractivity contribution in [2.24, 2.45) is 0 Å². The summed E-state index contributed by atoms with van der Waals surface area (Å²) >= 11 is 0. The van der Waals surface area contributed by atoms with E-state index < -0.39 is 10.0 Å². The molecule has 6 nitrogen and oxygen atoms in total. The fraction of sp³-hybridized carbons (Fsp3) is 0.435. The monoisotopic (exact) mass is 429 g/mol. The van der Waals surface area contributed by atoms with Gasteiger partial charge in [-0.15, -0.1) is 0 Å². The lowest BCUT2D eigenvalue weighted by Crippen LogP contribution is -2.51. The van der Waals surface area contributed by atoms with Crippen molar-refractivity contribution in [2.75, 3.05) is 39.8 Å². The Bertz CT molecular complexity index is 935. The van der Waals surface area contributed by atoms with Crippen LogP contribution in [0.15, 0.2) is 59.5 Å². The maximum atomic E-state index is 12.9. The predicted molar refractivity (Wildman–Crippen MR) is 119 cm³/mol. The lowest BCUT2D eigenvalue weighted by Gasteiger charge is -2.34. The fourth-order valence-electron chi connectivity index (χ4n) is 3.56. The first-order valence-electron chi connectivity index (χ1n) is 10.4. The number of rotatable bonds is 7. The van der Waals surface area contributed by atoms with Gasteiger partial charge in [0.25, 0.3) is 0 Å². The number of amides is 1. The second-order valence-corrected chi connectivity index (χ2v) is 10.1. The third kappa shape index (κ3) is 5.47. The summed E-state index contributed by atoms with van der Waals surface area (Å²) in [4.78, 5) is 16.6. The molecule has 1 heterocycles. The minimum atomic E-state index is -3.50. The number of sulfonamides is 1. The molecule has 1 aliphatic heterocycles. The van der Waals surface area contributed by atoms with Gasteiger partial charge in [-0.05, 0) is 29.2 Å². The number of piperazine rings is 1. The molecule has 0 aliphatic carbocycles. The summed E-state index contributed by atoms with van der Waals surface area (Å²) in [5, 5.41) is 0. The van der Waals surface area contributed by atoms with Crippen LogP contribution in [0.2, 0.25) is 0 Å². The highest BCUT2D eigenvalue weighted by molar-refractivity contribution is 7.89. The van der Waals surface area contributed by atoms with Crippen LogP contribution < -0.4 is 0 Å². The molecule has 0 unspecified atom stereocenters. The number of hydrogen-bond donors (Lipinski definition) is 0. The van der Waals surface area contributed by atoms with E-state index in [4.69, 9.17) is 0 Å². The van der Waals surface area contributed by atoms with Gasteiger partial charge in [0, 0.05) is 39.8 Å². The van der Waals surface area contributed by atoms with E-state index in [1.807, 2.05) is 47.4 Å². The van der Waals surface area contributed by atoms with Crippen molar-refractivity contribution < 1.29 is 13.2 Å². The molecule has 162 valence electrons. The molecule has 0 N–H and O–H groups in total. The fourth-order valence-corrected chi connectivity index (χ4v) is 4.98. The quantitative estimate of drug-likeness (QED) is 0.679. The molecular formula is C23H31N3O3S. The van der Waals surface area contributed by atoms with E-state index in [-0.39, 0.29) is 5.91 Å². The van der Waals surface area contributed by atoms with Crippen molar-refractivity contribution in [3.05, 3.63) is 65.7 Å². The van der Waals surface area contributed by atoms with Crippen LogP contribution in [0.4, 0.5) is 0 Å². The molecule has 0 bridgehead atoms. The Hall–Kier alpha value is -2.22. The van der Waals surface area contributed by atoms with Gasteiger partial charge < -0.3 is 4.90 Å². The van der Waals surface area contributed by atoms with Crippen molar-refractivity contribution in [3.63, 3.8) is 0 Å². The molecule has 0 atom stereocenters. The molecule has 3 rings (SSSR count). The molecule has 2 aromatic rings. The Balaban J connectivity index is 1.53. The first-order valence-corrected chi connectivity index (χ1v) is 11.8. The van der Waals surface area contributed by atoms with E-state index in [0.29, 0.717) is 50.1 Å². The van der Waals surface area contributed by atoms with Crippen LogP contribution in [-0.2, 0) is 21.4 Å². The maximum Gasteiger partial charge on any atom is 0.243 e. The first kappa shape index (κ1) is 22.5. The zero-order valence-electron chi connectivity index (χ0n) is 18.0. The van der Waals surface area contributed by atoms with Gasteiger partial charge in [0.05, 0.1) is 11.4 Å². The van der Waals surface area contributed by atoms with E-state index in [1.165, 1.54) is 4.31 Å².